The highest BCUT2D eigenvalue weighted by molar-refractivity contribution is 6.10. The van der Waals surface area contributed by atoms with Crippen LogP contribution in [0.3, 0.4) is 0 Å². The predicted molar refractivity (Wildman–Crippen MR) is 129 cm³/mol. The van der Waals surface area contributed by atoms with Gasteiger partial charge in [0, 0.05) is 28.2 Å². The van der Waals surface area contributed by atoms with Gasteiger partial charge in [-0.15, -0.1) is 0 Å². The van der Waals surface area contributed by atoms with Gasteiger partial charge in [0.1, 0.15) is 17.4 Å². The Hall–Kier alpha value is -3.94. The first-order valence-electron chi connectivity index (χ1n) is 11.7. The number of aromatic amines is 1. The topological polar surface area (TPSA) is 105 Å². The van der Waals surface area contributed by atoms with Crippen LogP contribution < -0.4 is 15.4 Å². The Kier molecular flexibility index (Phi) is 3.90. The molecule has 1 spiro atoms. The molecule has 1 amide bonds. The SMILES string of the molecule is COc1ccc2c(c1)[C@]1(C[C@H]1c1ccc3c(Nc4nc(C)nc5c4CCC5)n[nH]c3c1)C(=O)N2. The van der Waals surface area contributed by atoms with Crippen molar-refractivity contribution in [1.82, 2.24) is 20.2 Å². The van der Waals surface area contributed by atoms with E-state index in [1.165, 1.54) is 5.56 Å². The summed E-state index contributed by atoms with van der Waals surface area (Å²) in [6.45, 7) is 1.93. The van der Waals surface area contributed by atoms with Gasteiger partial charge in [0.15, 0.2) is 5.82 Å². The smallest absolute Gasteiger partial charge is 0.235 e. The normalized spacial score (nSPS) is 22.1. The zero-order valence-corrected chi connectivity index (χ0v) is 19.0. The Morgan fingerprint density at radius 3 is 2.91 bits per heavy atom. The van der Waals surface area contributed by atoms with Crippen LogP contribution in [0, 0.1) is 6.92 Å². The lowest BCUT2D eigenvalue weighted by atomic mass is 9.91. The zero-order chi connectivity index (χ0) is 23.0. The van der Waals surface area contributed by atoms with E-state index in [2.05, 4.69) is 49.0 Å². The number of hydrogen-bond donors (Lipinski definition) is 3. The van der Waals surface area contributed by atoms with Crippen molar-refractivity contribution in [1.29, 1.82) is 0 Å². The van der Waals surface area contributed by atoms with E-state index in [1.807, 2.05) is 25.1 Å². The van der Waals surface area contributed by atoms with Gasteiger partial charge >= 0.3 is 0 Å². The molecule has 3 N–H and O–H groups in total. The Morgan fingerprint density at radius 1 is 1.12 bits per heavy atom. The summed E-state index contributed by atoms with van der Waals surface area (Å²) >= 11 is 0. The monoisotopic (exact) mass is 452 g/mol. The number of fused-ring (bicyclic) bond motifs is 4. The van der Waals surface area contributed by atoms with Gasteiger partial charge in [-0.05, 0) is 74.1 Å². The van der Waals surface area contributed by atoms with Crippen molar-refractivity contribution in [3.8, 4) is 5.75 Å². The van der Waals surface area contributed by atoms with Gasteiger partial charge in [0.05, 0.1) is 18.0 Å². The second kappa shape index (κ2) is 6.79. The molecule has 0 radical (unpaired) electrons. The van der Waals surface area contributed by atoms with Crippen LogP contribution >= 0.6 is 0 Å². The fourth-order valence-electron chi connectivity index (χ4n) is 5.82. The molecule has 2 aromatic carbocycles. The molecule has 2 aromatic heterocycles. The number of carbonyl (C=O) groups is 1. The average Bonchev–Trinajstić information content (AvgIpc) is 3.07. The van der Waals surface area contributed by atoms with Crippen molar-refractivity contribution in [2.45, 2.75) is 43.9 Å². The number of H-pyrrole nitrogens is 1. The van der Waals surface area contributed by atoms with Crippen molar-refractivity contribution in [2.24, 2.45) is 0 Å². The maximum atomic E-state index is 13.0. The van der Waals surface area contributed by atoms with Gasteiger partial charge in [0.25, 0.3) is 0 Å². The number of methoxy groups -OCH3 is 1. The minimum absolute atomic E-state index is 0.0702. The molecule has 1 fully saturated rings. The number of aryl methyl sites for hydroxylation is 2. The number of benzene rings is 2. The summed E-state index contributed by atoms with van der Waals surface area (Å²) in [5.74, 6) is 3.35. The van der Waals surface area contributed by atoms with Gasteiger partial charge in [-0.1, -0.05) is 6.07 Å². The molecule has 1 saturated carbocycles. The molecule has 2 aliphatic carbocycles. The van der Waals surface area contributed by atoms with Gasteiger partial charge in [0.2, 0.25) is 5.91 Å². The first kappa shape index (κ1) is 19.5. The number of carbonyl (C=O) groups excluding carboxylic acids is 1. The molecule has 1 aliphatic heterocycles. The lowest BCUT2D eigenvalue weighted by Crippen LogP contribution is -2.21. The second-order valence-electron chi connectivity index (χ2n) is 9.49. The van der Waals surface area contributed by atoms with Crippen LogP contribution in [-0.4, -0.2) is 33.2 Å². The number of nitrogens with one attached hydrogen (secondary N) is 3. The number of nitrogens with zero attached hydrogens (tertiary/aromatic N) is 3. The molecule has 34 heavy (non-hydrogen) atoms. The third-order valence-corrected chi connectivity index (χ3v) is 7.59. The highest BCUT2D eigenvalue weighted by atomic mass is 16.5. The van der Waals surface area contributed by atoms with Gasteiger partial charge < -0.3 is 15.4 Å². The largest absolute Gasteiger partial charge is 0.497 e. The quantitative estimate of drug-likeness (QED) is 0.427. The first-order valence-corrected chi connectivity index (χ1v) is 11.7. The summed E-state index contributed by atoms with van der Waals surface area (Å²) in [5.41, 5.74) is 5.80. The lowest BCUT2D eigenvalue weighted by molar-refractivity contribution is -0.118. The number of amides is 1. The third kappa shape index (κ3) is 2.65. The molecule has 4 aromatic rings. The summed E-state index contributed by atoms with van der Waals surface area (Å²) in [6.07, 6.45) is 3.89. The van der Waals surface area contributed by atoms with Crippen molar-refractivity contribution in [2.75, 3.05) is 17.7 Å². The molecular formula is C26H24N6O2. The zero-order valence-electron chi connectivity index (χ0n) is 19.0. The Bertz CT molecular complexity index is 1510. The second-order valence-corrected chi connectivity index (χ2v) is 9.49. The van der Waals surface area contributed by atoms with E-state index in [1.54, 1.807) is 7.11 Å². The summed E-state index contributed by atoms with van der Waals surface area (Å²) < 4.78 is 5.41. The fraction of sp³-hybridized carbons (Fsp3) is 0.308. The highest BCUT2D eigenvalue weighted by Gasteiger charge is 2.65. The molecule has 0 saturated heterocycles. The van der Waals surface area contributed by atoms with Crippen molar-refractivity contribution < 1.29 is 9.53 Å². The molecule has 8 heteroatoms. The van der Waals surface area contributed by atoms with Crippen LogP contribution in [0.5, 0.6) is 5.75 Å². The number of hydrogen-bond acceptors (Lipinski definition) is 6. The fourth-order valence-corrected chi connectivity index (χ4v) is 5.82. The number of rotatable bonds is 4. The van der Waals surface area contributed by atoms with Crippen LogP contribution in [0.2, 0.25) is 0 Å². The van der Waals surface area contributed by atoms with Crippen LogP contribution in [0.25, 0.3) is 10.9 Å². The Morgan fingerprint density at radius 2 is 2.03 bits per heavy atom. The molecule has 7 rings (SSSR count). The molecule has 2 atom stereocenters. The van der Waals surface area contributed by atoms with E-state index in [-0.39, 0.29) is 11.8 Å². The summed E-state index contributed by atoms with van der Waals surface area (Å²) in [6, 6.07) is 12.1. The van der Waals surface area contributed by atoms with E-state index < -0.39 is 5.41 Å². The molecule has 8 nitrogen and oxygen atoms in total. The first-order chi connectivity index (χ1) is 16.6. The lowest BCUT2D eigenvalue weighted by Gasteiger charge is -2.11. The number of ether oxygens (including phenoxy) is 1. The van der Waals surface area contributed by atoms with E-state index >= 15 is 0 Å². The van der Waals surface area contributed by atoms with E-state index in [0.717, 1.165) is 82.3 Å². The van der Waals surface area contributed by atoms with Gasteiger partial charge in [-0.25, -0.2) is 9.97 Å². The summed E-state index contributed by atoms with van der Waals surface area (Å²) in [7, 11) is 1.65. The van der Waals surface area contributed by atoms with E-state index in [4.69, 9.17) is 4.74 Å². The molecule has 0 bridgehead atoms. The number of anilines is 3. The molecule has 170 valence electrons. The molecular weight excluding hydrogens is 428 g/mol. The van der Waals surface area contributed by atoms with E-state index in [9.17, 15) is 4.79 Å². The van der Waals surface area contributed by atoms with E-state index in [0.29, 0.717) is 0 Å². The molecule has 3 aliphatic rings. The van der Waals surface area contributed by atoms with Crippen LogP contribution in [0.1, 0.15) is 47.0 Å². The maximum absolute atomic E-state index is 13.0. The summed E-state index contributed by atoms with van der Waals surface area (Å²) in [5, 5.41) is 15.2. The van der Waals surface area contributed by atoms with Gasteiger partial charge in [-0.2, -0.15) is 5.10 Å². The van der Waals surface area contributed by atoms with Crippen LogP contribution in [-0.2, 0) is 23.1 Å². The standard InChI is InChI=1S/C26H24N6O2/c1-13-27-20-5-3-4-16(20)23(28-13)30-24-17-8-6-14(10-22(17)31-32-24)19-12-26(19)18-11-15(34-2)7-9-21(18)29-25(26)33/h6-11,19H,3-5,12H2,1-2H3,(H,29,33)(H2,27,28,30,31,32)/t19-,26-/m0/s1. The average molecular weight is 453 g/mol. The Labute approximate surface area is 196 Å². The number of aromatic nitrogens is 4. The van der Waals surface area contributed by atoms with Crippen molar-refractivity contribution >= 4 is 34.1 Å². The highest BCUT2D eigenvalue weighted by Crippen LogP contribution is 2.65. The molecule has 3 heterocycles. The third-order valence-electron chi connectivity index (χ3n) is 7.59. The molecule has 0 unspecified atom stereocenters. The van der Waals surface area contributed by atoms with Gasteiger partial charge in [-0.3, -0.25) is 9.89 Å². The Balaban J connectivity index is 1.22. The van der Waals surface area contributed by atoms with Crippen molar-refractivity contribution in [3.05, 3.63) is 64.6 Å². The predicted octanol–water partition coefficient (Wildman–Crippen LogP) is 4.28. The van der Waals surface area contributed by atoms with Crippen LogP contribution in [0.4, 0.5) is 17.3 Å². The maximum Gasteiger partial charge on any atom is 0.235 e. The minimum atomic E-state index is -0.516. The van der Waals surface area contributed by atoms with Crippen LogP contribution in [0.15, 0.2) is 36.4 Å². The van der Waals surface area contributed by atoms with Crippen molar-refractivity contribution in [3.63, 3.8) is 0 Å². The summed E-state index contributed by atoms with van der Waals surface area (Å²) in [4.78, 5) is 22.2. The minimum Gasteiger partial charge on any atom is -0.497 e.